The standard InChI is InChI=1S/C12H14N2O2/c1-8(2)15-11-6-4-10(5-7-11)12-14-13-9(3)16-12/h4-8H,1-3H3. The predicted octanol–water partition coefficient (Wildman–Crippen LogP) is 2.83. The van der Waals surface area contributed by atoms with Gasteiger partial charge in [-0.05, 0) is 38.1 Å². The van der Waals surface area contributed by atoms with E-state index in [-0.39, 0.29) is 6.10 Å². The molecular weight excluding hydrogens is 204 g/mol. The lowest BCUT2D eigenvalue weighted by atomic mass is 10.2. The van der Waals surface area contributed by atoms with Crippen molar-refractivity contribution in [1.82, 2.24) is 10.2 Å². The van der Waals surface area contributed by atoms with Gasteiger partial charge in [0.2, 0.25) is 11.8 Å². The zero-order chi connectivity index (χ0) is 11.5. The predicted molar refractivity (Wildman–Crippen MR) is 60.2 cm³/mol. The van der Waals surface area contributed by atoms with Crippen LogP contribution in [0.15, 0.2) is 28.7 Å². The molecule has 0 unspecified atom stereocenters. The van der Waals surface area contributed by atoms with Crippen LogP contribution in [0.3, 0.4) is 0 Å². The number of ether oxygens (including phenoxy) is 1. The normalized spacial score (nSPS) is 10.8. The lowest BCUT2D eigenvalue weighted by Gasteiger charge is -2.09. The zero-order valence-corrected chi connectivity index (χ0v) is 9.60. The van der Waals surface area contributed by atoms with E-state index in [1.807, 2.05) is 38.1 Å². The van der Waals surface area contributed by atoms with Crippen molar-refractivity contribution in [3.63, 3.8) is 0 Å². The van der Waals surface area contributed by atoms with Crippen molar-refractivity contribution < 1.29 is 9.15 Å². The molecule has 2 aromatic rings. The van der Waals surface area contributed by atoms with Crippen LogP contribution >= 0.6 is 0 Å². The largest absolute Gasteiger partial charge is 0.491 e. The highest BCUT2D eigenvalue weighted by molar-refractivity contribution is 5.53. The molecule has 4 heteroatoms. The summed E-state index contributed by atoms with van der Waals surface area (Å²) < 4.78 is 10.9. The van der Waals surface area contributed by atoms with Crippen LogP contribution in [0, 0.1) is 6.92 Å². The minimum absolute atomic E-state index is 0.177. The third-order valence-corrected chi connectivity index (χ3v) is 2.00. The molecule has 0 atom stereocenters. The lowest BCUT2D eigenvalue weighted by molar-refractivity contribution is 0.242. The van der Waals surface area contributed by atoms with Crippen molar-refractivity contribution in [2.45, 2.75) is 26.9 Å². The van der Waals surface area contributed by atoms with E-state index in [4.69, 9.17) is 9.15 Å². The average Bonchev–Trinajstić information content (AvgIpc) is 2.65. The van der Waals surface area contributed by atoms with E-state index in [1.165, 1.54) is 0 Å². The molecule has 0 N–H and O–H groups in total. The van der Waals surface area contributed by atoms with Crippen LogP contribution in [0.2, 0.25) is 0 Å². The molecule has 2 rings (SSSR count). The molecule has 0 saturated carbocycles. The molecule has 0 aliphatic carbocycles. The Morgan fingerprint density at radius 1 is 1.12 bits per heavy atom. The molecule has 0 radical (unpaired) electrons. The molecular formula is C12H14N2O2. The monoisotopic (exact) mass is 218 g/mol. The fourth-order valence-electron chi connectivity index (χ4n) is 1.36. The van der Waals surface area contributed by atoms with Gasteiger partial charge < -0.3 is 9.15 Å². The van der Waals surface area contributed by atoms with Crippen LogP contribution in [0.25, 0.3) is 11.5 Å². The third-order valence-electron chi connectivity index (χ3n) is 2.00. The van der Waals surface area contributed by atoms with Crippen LogP contribution in [-0.4, -0.2) is 16.3 Å². The molecule has 84 valence electrons. The highest BCUT2D eigenvalue weighted by atomic mass is 16.5. The van der Waals surface area contributed by atoms with Crippen LogP contribution in [0.5, 0.6) is 5.75 Å². The maximum atomic E-state index is 5.54. The summed E-state index contributed by atoms with van der Waals surface area (Å²) in [5, 5.41) is 7.74. The van der Waals surface area contributed by atoms with Gasteiger partial charge in [0, 0.05) is 12.5 Å². The maximum absolute atomic E-state index is 5.54. The Hall–Kier alpha value is -1.84. The number of rotatable bonds is 3. The van der Waals surface area contributed by atoms with E-state index >= 15 is 0 Å². The molecule has 16 heavy (non-hydrogen) atoms. The fourth-order valence-corrected chi connectivity index (χ4v) is 1.36. The van der Waals surface area contributed by atoms with Gasteiger partial charge in [-0.15, -0.1) is 10.2 Å². The Bertz CT molecular complexity index is 460. The molecule has 0 amide bonds. The van der Waals surface area contributed by atoms with Gasteiger partial charge in [0.1, 0.15) is 5.75 Å². The van der Waals surface area contributed by atoms with E-state index < -0.39 is 0 Å². The first-order valence-electron chi connectivity index (χ1n) is 5.22. The SMILES string of the molecule is Cc1nnc(-c2ccc(OC(C)C)cc2)o1. The summed E-state index contributed by atoms with van der Waals surface area (Å²) >= 11 is 0. The maximum Gasteiger partial charge on any atom is 0.247 e. The smallest absolute Gasteiger partial charge is 0.247 e. The van der Waals surface area contributed by atoms with Gasteiger partial charge in [-0.3, -0.25) is 0 Å². The first kappa shape index (κ1) is 10.7. The number of aryl methyl sites for hydroxylation is 1. The topological polar surface area (TPSA) is 48.2 Å². The molecule has 0 fully saturated rings. The molecule has 0 spiro atoms. The molecule has 0 aliphatic rings. The van der Waals surface area contributed by atoms with Gasteiger partial charge in [-0.2, -0.15) is 0 Å². The van der Waals surface area contributed by atoms with Gasteiger partial charge in [0.25, 0.3) is 0 Å². The number of hydrogen-bond acceptors (Lipinski definition) is 4. The minimum Gasteiger partial charge on any atom is -0.491 e. The second-order valence-corrected chi connectivity index (χ2v) is 3.82. The second kappa shape index (κ2) is 4.35. The summed E-state index contributed by atoms with van der Waals surface area (Å²) in [4.78, 5) is 0. The molecule has 0 aliphatic heterocycles. The van der Waals surface area contributed by atoms with Crippen LogP contribution in [-0.2, 0) is 0 Å². The van der Waals surface area contributed by atoms with Crippen molar-refractivity contribution in [2.75, 3.05) is 0 Å². The second-order valence-electron chi connectivity index (χ2n) is 3.82. The fraction of sp³-hybridized carbons (Fsp3) is 0.333. The molecule has 4 nitrogen and oxygen atoms in total. The highest BCUT2D eigenvalue weighted by Crippen LogP contribution is 2.21. The van der Waals surface area contributed by atoms with E-state index in [0.717, 1.165) is 11.3 Å². The van der Waals surface area contributed by atoms with Gasteiger partial charge in [-0.25, -0.2) is 0 Å². The van der Waals surface area contributed by atoms with Crippen LogP contribution < -0.4 is 4.74 Å². The van der Waals surface area contributed by atoms with E-state index in [0.29, 0.717) is 11.8 Å². The summed E-state index contributed by atoms with van der Waals surface area (Å²) in [5.74, 6) is 1.95. The first-order chi connectivity index (χ1) is 7.65. The van der Waals surface area contributed by atoms with Crippen molar-refractivity contribution in [1.29, 1.82) is 0 Å². The summed E-state index contributed by atoms with van der Waals surface area (Å²) in [6.45, 7) is 5.76. The van der Waals surface area contributed by atoms with Gasteiger partial charge >= 0.3 is 0 Å². The third kappa shape index (κ3) is 2.39. The van der Waals surface area contributed by atoms with Crippen molar-refractivity contribution in [2.24, 2.45) is 0 Å². The quantitative estimate of drug-likeness (QED) is 0.794. The molecule has 1 aromatic heterocycles. The Balaban J connectivity index is 2.19. The van der Waals surface area contributed by atoms with Crippen LogP contribution in [0.4, 0.5) is 0 Å². The summed E-state index contributed by atoms with van der Waals surface area (Å²) in [7, 11) is 0. The Morgan fingerprint density at radius 3 is 2.31 bits per heavy atom. The van der Waals surface area contributed by atoms with Gasteiger partial charge in [0.15, 0.2) is 0 Å². The van der Waals surface area contributed by atoms with Crippen molar-refractivity contribution in [3.05, 3.63) is 30.2 Å². The van der Waals surface area contributed by atoms with Crippen molar-refractivity contribution >= 4 is 0 Å². The van der Waals surface area contributed by atoms with E-state index in [9.17, 15) is 0 Å². The van der Waals surface area contributed by atoms with Gasteiger partial charge in [-0.1, -0.05) is 0 Å². The van der Waals surface area contributed by atoms with Gasteiger partial charge in [0.05, 0.1) is 6.10 Å². The first-order valence-corrected chi connectivity index (χ1v) is 5.22. The van der Waals surface area contributed by atoms with Crippen molar-refractivity contribution in [3.8, 4) is 17.2 Å². The molecule has 0 saturated heterocycles. The zero-order valence-electron chi connectivity index (χ0n) is 9.60. The summed E-state index contributed by atoms with van der Waals surface area (Å²) in [6, 6.07) is 7.61. The Kier molecular flexibility index (Phi) is 2.90. The summed E-state index contributed by atoms with van der Waals surface area (Å²) in [5.41, 5.74) is 0.900. The number of benzene rings is 1. The molecule has 1 heterocycles. The van der Waals surface area contributed by atoms with E-state index in [2.05, 4.69) is 10.2 Å². The molecule has 0 bridgehead atoms. The summed E-state index contributed by atoms with van der Waals surface area (Å²) in [6.07, 6.45) is 0.177. The number of nitrogens with zero attached hydrogens (tertiary/aromatic N) is 2. The minimum atomic E-state index is 0.177. The lowest BCUT2D eigenvalue weighted by Crippen LogP contribution is -2.05. The average molecular weight is 218 g/mol. The number of aromatic nitrogens is 2. The Morgan fingerprint density at radius 2 is 1.81 bits per heavy atom. The molecule has 1 aromatic carbocycles. The number of hydrogen-bond donors (Lipinski definition) is 0. The van der Waals surface area contributed by atoms with E-state index in [1.54, 1.807) is 6.92 Å². The van der Waals surface area contributed by atoms with Crippen LogP contribution in [0.1, 0.15) is 19.7 Å². The Labute approximate surface area is 94.3 Å². The highest BCUT2D eigenvalue weighted by Gasteiger charge is 2.05.